The first-order valence-corrected chi connectivity index (χ1v) is 7.46. The van der Waals surface area contributed by atoms with Gasteiger partial charge < -0.3 is 4.74 Å². The molecule has 2 nitrogen and oxygen atoms in total. The van der Waals surface area contributed by atoms with Crippen molar-refractivity contribution in [1.29, 1.82) is 0 Å². The highest BCUT2D eigenvalue weighted by atomic mass is 16.5. The molecule has 0 aromatic carbocycles. The van der Waals surface area contributed by atoms with Crippen LogP contribution >= 0.6 is 0 Å². The van der Waals surface area contributed by atoms with E-state index in [9.17, 15) is 4.79 Å². The molecule has 0 amide bonds. The highest BCUT2D eigenvalue weighted by Crippen LogP contribution is 2.45. The van der Waals surface area contributed by atoms with Gasteiger partial charge in [0.25, 0.3) is 0 Å². The number of carbonyl (C=O) groups is 1. The summed E-state index contributed by atoms with van der Waals surface area (Å²) in [6.07, 6.45) is 11.8. The zero-order valence-corrected chi connectivity index (χ0v) is 10.7. The van der Waals surface area contributed by atoms with Gasteiger partial charge in [0.15, 0.2) is 0 Å². The molecule has 1 saturated heterocycles. The molecule has 17 heavy (non-hydrogen) atoms. The molecule has 3 aliphatic rings. The van der Waals surface area contributed by atoms with E-state index in [2.05, 4.69) is 0 Å². The molecule has 1 heterocycles. The van der Waals surface area contributed by atoms with E-state index in [0.29, 0.717) is 17.6 Å². The van der Waals surface area contributed by atoms with E-state index in [1.807, 2.05) is 0 Å². The lowest BCUT2D eigenvalue weighted by molar-refractivity contribution is -0.134. The second-order valence-electron chi connectivity index (χ2n) is 6.31. The molecule has 0 aromatic rings. The molecule has 1 spiro atoms. The quantitative estimate of drug-likeness (QED) is 0.696. The number of ether oxygens (including phenoxy) is 1. The van der Waals surface area contributed by atoms with Crippen molar-refractivity contribution in [2.45, 2.75) is 69.8 Å². The number of carbonyl (C=O) groups excluding carboxylic acids is 1. The third-order valence-electron chi connectivity index (χ3n) is 5.22. The van der Waals surface area contributed by atoms with Crippen LogP contribution in [0.4, 0.5) is 0 Å². The zero-order chi connectivity index (χ0) is 11.7. The van der Waals surface area contributed by atoms with Gasteiger partial charge in [0, 0.05) is 18.9 Å². The average molecular weight is 236 g/mol. The van der Waals surface area contributed by atoms with Gasteiger partial charge in [-0.25, -0.2) is 0 Å². The third-order valence-corrected chi connectivity index (χ3v) is 5.22. The van der Waals surface area contributed by atoms with Crippen molar-refractivity contribution in [2.24, 2.45) is 11.8 Å². The molecule has 3 rings (SSSR count). The molecule has 2 heteroatoms. The Hall–Kier alpha value is -0.370. The van der Waals surface area contributed by atoms with Gasteiger partial charge in [-0.05, 0) is 44.4 Å². The van der Waals surface area contributed by atoms with Crippen LogP contribution in [0, 0.1) is 11.8 Å². The molecule has 0 N–H and O–H groups in total. The van der Waals surface area contributed by atoms with Gasteiger partial charge in [0.1, 0.15) is 5.78 Å². The summed E-state index contributed by atoms with van der Waals surface area (Å²) in [5, 5.41) is 0. The van der Waals surface area contributed by atoms with Crippen LogP contribution in [0.1, 0.15) is 64.2 Å². The Balaban J connectivity index is 1.68. The van der Waals surface area contributed by atoms with Gasteiger partial charge >= 0.3 is 0 Å². The first-order valence-electron chi connectivity index (χ1n) is 7.46. The predicted molar refractivity (Wildman–Crippen MR) is 66.8 cm³/mol. The minimum Gasteiger partial charge on any atom is -0.375 e. The normalized spacial score (nSPS) is 37.5. The Morgan fingerprint density at radius 1 is 1.06 bits per heavy atom. The fourth-order valence-electron chi connectivity index (χ4n) is 4.29. The largest absolute Gasteiger partial charge is 0.375 e. The Morgan fingerprint density at radius 2 is 1.88 bits per heavy atom. The smallest absolute Gasteiger partial charge is 0.136 e. The van der Waals surface area contributed by atoms with Gasteiger partial charge in [-0.15, -0.1) is 0 Å². The van der Waals surface area contributed by atoms with E-state index in [1.165, 1.54) is 38.5 Å². The molecule has 2 aliphatic carbocycles. The second-order valence-corrected chi connectivity index (χ2v) is 6.31. The lowest BCUT2D eigenvalue weighted by Gasteiger charge is -2.41. The highest BCUT2D eigenvalue weighted by Gasteiger charge is 2.43. The molecule has 3 fully saturated rings. The van der Waals surface area contributed by atoms with E-state index >= 15 is 0 Å². The minimum atomic E-state index is 0.181. The van der Waals surface area contributed by atoms with Crippen LogP contribution in [0.25, 0.3) is 0 Å². The van der Waals surface area contributed by atoms with Crippen LogP contribution in [-0.2, 0) is 9.53 Å². The van der Waals surface area contributed by atoms with Crippen molar-refractivity contribution in [1.82, 2.24) is 0 Å². The number of hydrogen-bond acceptors (Lipinski definition) is 2. The molecule has 2 saturated carbocycles. The van der Waals surface area contributed by atoms with Crippen molar-refractivity contribution < 1.29 is 9.53 Å². The topological polar surface area (TPSA) is 26.3 Å². The Bertz CT molecular complexity index is 291. The van der Waals surface area contributed by atoms with Gasteiger partial charge in [0.2, 0.25) is 0 Å². The number of hydrogen-bond donors (Lipinski definition) is 0. The first-order chi connectivity index (χ1) is 8.29. The van der Waals surface area contributed by atoms with Crippen LogP contribution in [0.15, 0.2) is 0 Å². The Kier molecular flexibility index (Phi) is 3.25. The van der Waals surface area contributed by atoms with Crippen molar-refractivity contribution >= 4 is 5.78 Å². The van der Waals surface area contributed by atoms with E-state index in [4.69, 9.17) is 4.74 Å². The molecule has 96 valence electrons. The summed E-state index contributed by atoms with van der Waals surface area (Å²) < 4.78 is 6.07. The van der Waals surface area contributed by atoms with E-state index < -0.39 is 0 Å². The zero-order valence-electron chi connectivity index (χ0n) is 10.7. The standard InChI is InChI=1S/C15H24O2/c16-14-6-2-1-5-13(14)12-7-10-17-15(11-12)8-3-4-9-15/h12-13H,1-11H2. The summed E-state index contributed by atoms with van der Waals surface area (Å²) in [6.45, 7) is 0.897. The number of Topliss-reactive ketones (excluding diaryl/α,β-unsaturated/α-hetero) is 1. The molecule has 2 unspecified atom stereocenters. The summed E-state index contributed by atoms with van der Waals surface area (Å²) in [4.78, 5) is 12.1. The number of ketones is 1. The molecule has 1 aliphatic heterocycles. The van der Waals surface area contributed by atoms with E-state index in [-0.39, 0.29) is 5.60 Å². The van der Waals surface area contributed by atoms with Gasteiger partial charge in [-0.3, -0.25) is 4.79 Å². The van der Waals surface area contributed by atoms with Gasteiger partial charge in [0.05, 0.1) is 5.60 Å². The van der Waals surface area contributed by atoms with Gasteiger partial charge in [-0.1, -0.05) is 19.3 Å². The maximum absolute atomic E-state index is 12.1. The summed E-state index contributed by atoms with van der Waals surface area (Å²) in [5.74, 6) is 1.57. The lowest BCUT2D eigenvalue weighted by Crippen LogP contribution is -2.41. The monoisotopic (exact) mass is 236 g/mol. The fraction of sp³-hybridized carbons (Fsp3) is 0.933. The summed E-state index contributed by atoms with van der Waals surface area (Å²) in [5.41, 5.74) is 0.181. The summed E-state index contributed by atoms with van der Waals surface area (Å²) >= 11 is 0. The molecule has 0 radical (unpaired) electrons. The molecular weight excluding hydrogens is 212 g/mol. The van der Waals surface area contributed by atoms with Crippen molar-refractivity contribution in [3.05, 3.63) is 0 Å². The maximum Gasteiger partial charge on any atom is 0.136 e. The molecule has 0 bridgehead atoms. The van der Waals surface area contributed by atoms with Crippen molar-refractivity contribution in [3.8, 4) is 0 Å². The van der Waals surface area contributed by atoms with Crippen molar-refractivity contribution in [3.63, 3.8) is 0 Å². The molecular formula is C15H24O2. The summed E-state index contributed by atoms with van der Waals surface area (Å²) in [7, 11) is 0. The highest BCUT2D eigenvalue weighted by molar-refractivity contribution is 5.81. The van der Waals surface area contributed by atoms with E-state index in [1.54, 1.807) is 0 Å². The van der Waals surface area contributed by atoms with E-state index in [0.717, 1.165) is 32.3 Å². The van der Waals surface area contributed by atoms with Crippen molar-refractivity contribution in [2.75, 3.05) is 6.61 Å². The summed E-state index contributed by atoms with van der Waals surface area (Å²) in [6, 6.07) is 0. The fourth-order valence-corrected chi connectivity index (χ4v) is 4.29. The Labute approximate surface area is 104 Å². The first kappa shape index (κ1) is 11.7. The van der Waals surface area contributed by atoms with Crippen LogP contribution in [0.2, 0.25) is 0 Å². The second kappa shape index (κ2) is 4.72. The van der Waals surface area contributed by atoms with Crippen LogP contribution in [0.5, 0.6) is 0 Å². The average Bonchev–Trinajstić information content (AvgIpc) is 2.78. The molecule has 2 atom stereocenters. The van der Waals surface area contributed by atoms with Crippen LogP contribution < -0.4 is 0 Å². The number of rotatable bonds is 1. The Morgan fingerprint density at radius 3 is 2.65 bits per heavy atom. The molecule has 0 aromatic heterocycles. The SMILES string of the molecule is O=C1CCCCC1C1CCOC2(CCCC2)C1. The minimum absolute atomic E-state index is 0.181. The van der Waals surface area contributed by atoms with Crippen LogP contribution in [0.3, 0.4) is 0 Å². The lowest BCUT2D eigenvalue weighted by atomic mass is 9.71. The van der Waals surface area contributed by atoms with Crippen LogP contribution in [-0.4, -0.2) is 18.0 Å². The van der Waals surface area contributed by atoms with Gasteiger partial charge in [-0.2, -0.15) is 0 Å². The predicted octanol–water partition coefficient (Wildman–Crippen LogP) is 3.49. The maximum atomic E-state index is 12.1. The third kappa shape index (κ3) is 2.29.